The summed E-state index contributed by atoms with van der Waals surface area (Å²) in [5.41, 5.74) is -1.03. The third-order valence-corrected chi connectivity index (χ3v) is 4.96. The van der Waals surface area contributed by atoms with Crippen LogP contribution >= 0.6 is 0 Å². The summed E-state index contributed by atoms with van der Waals surface area (Å²) < 4.78 is 75.9. The molecule has 0 amide bonds. The molecule has 1 N–H and O–H groups in total. The van der Waals surface area contributed by atoms with E-state index in [1.54, 1.807) is 24.3 Å². The summed E-state index contributed by atoms with van der Waals surface area (Å²) in [7, 11) is -4.11. The molecule has 25 heavy (non-hydrogen) atoms. The lowest BCUT2D eigenvalue weighted by atomic mass is 10.2. The fourth-order valence-electron chi connectivity index (χ4n) is 2.29. The zero-order valence-electron chi connectivity index (χ0n) is 12.8. The monoisotopic (exact) mass is 373 g/mol. The van der Waals surface area contributed by atoms with Crippen LogP contribution in [-0.2, 0) is 16.2 Å². The summed E-state index contributed by atoms with van der Waals surface area (Å²) in [6.07, 6.45) is -5.20. The average molecular weight is 373 g/mol. The van der Waals surface area contributed by atoms with Gasteiger partial charge < -0.3 is 9.47 Å². The van der Waals surface area contributed by atoms with Gasteiger partial charge in [-0.2, -0.15) is 13.2 Å². The SMILES string of the molecule is O=S(=O)(NCC1COc2ccccc2O1)c1cccc(C(F)(F)F)c1. The van der Waals surface area contributed by atoms with Crippen molar-refractivity contribution in [2.24, 2.45) is 0 Å². The highest BCUT2D eigenvalue weighted by Gasteiger charge is 2.32. The highest BCUT2D eigenvalue weighted by atomic mass is 32.2. The summed E-state index contributed by atoms with van der Waals surface area (Å²) in [5, 5.41) is 0. The molecule has 0 aliphatic carbocycles. The van der Waals surface area contributed by atoms with E-state index in [1.807, 2.05) is 0 Å². The van der Waals surface area contributed by atoms with Crippen molar-refractivity contribution in [1.82, 2.24) is 4.72 Å². The summed E-state index contributed by atoms with van der Waals surface area (Å²) in [6, 6.07) is 10.5. The molecule has 0 fully saturated rings. The van der Waals surface area contributed by atoms with E-state index >= 15 is 0 Å². The number of alkyl halides is 3. The topological polar surface area (TPSA) is 64.6 Å². The first-order chi connectivity index (χ1) is 11.8. The number of halogens is 3. The lowest BCUT2D eigenvalue weighted by molar-refractivity contribution is -0.137. The Kier molecular flexibility index (Phi) is 4.61. The second kappa shape index (κ2) is 6.57. The Balaban J connectivity index is 1.69. The standard InChI is InChI=1S/C16H14F3NO4S/c17-16(18,19)11-4-3-5-13(8-11)25(21,22)20-9-12-10-23-14-6-1-2-7-15(14)24-12/h1-8,12,20H,9-10H2. The van der Waals surface area contributed by atoms with E-state index < -0.39 is 32.8 Å². The Morgan fingerprint density at radius 1 is 1.08 bits per heavy atom. The van der Waals surface area contributed by atoms with Gasteiger partial charge in [-0.15, -0.1) is 0 Å². The second-order valence-electron chi connectivity index (χ2n) is 5.38. The Morgan fingerprint density at radius 3 is 2.52 bits per heavy atom. The van der Waals surface area contributed by atoms with Gasteiger partial charge in [0.05, 0.1) is 17.0 Å². The van der Waals surface area contributed by atoms with Crippen LogP contribution < -0.4 is 14.2 Å². The van der Waals surface area contributed by atoms with Crippen LogP contribution in [0.15, 0.2) is 53.4 Å². The van der Waals surface area contributed by atoms with Gasteiger partial charge in [0.1, 0.15) is 12.7 Å². The third-order valence-electron chi connectivity index (χ3n) is 3.54. The van der Waals surface area contributed by atoms with Crippen LogP contribution in [0.25, 0.3) is 0 Å². The van der Waals surface area contributed by atoms with Crippen molar-refractivity contribution >= 4 is 10.0 Å². The summed E-state index contributed by atoms with van der Waals surface area (Å²) in [6.45, 7) is -0.00492. The van der Waals surface area contributed by atoms with E-state index in [9.17, 15) is 21.6 Å². The summed E-state index contributed by atoms with van der Waals surface area (Å²) in [4.78, 5) is -0.459. The molecular formula is C16H14F3NO4S. The number of para-hydroxylation sites is 2. The van der Waals surface area contributed by atoms with Crippen molar-refractivity contribution in [3.63, 3.8) is 0 Å². The van der Waals surface area contributed by atoms with Crippen molar-refractivity contribution in [3.05, 3.63) is 54.1 Å². The number of ether oxygens (including phenoxy) is 2. The van der Waals surface area contributed by atoms with E-state index in [4.69, 9.17) is 9.47 Å². The Bertz CT molecular complexity index is 868. The fourth-order valence-corrected chi connectivity index (χ4v) is 3.40. The first-order valence-electron chi connectivity index (χ1n) is 7.31. The number of benzene rings is 2. The number of nitrogens with one attached hydrogen (secondary N) is 1. The molecule has 2 aromatic rings. The first kappa shape index (κ1) is 17.6. The van der Waals surface area contributed by atoms with Gasteiger partial charge in [0.25, 0.3) is 0 Å². The molecule has 134 valence electrons. The maximum Gasteiger partial charge on any atom is 0.416 e. The minimum Gasteiger partial charge on any atom is -0.486 e. The van der Waals surface area contributed by atoms with Gasteiger partial charge in [0, 0.05) is 0 Å². The van der Waals surface area contributed by atoms with E-state index in [2.05, 4.69) is 4.72 Å². The van der Waals surface area contributed by atoms with Crippen molar-refractivity contribution in [1.29, 1.82) is 0 Å². The van der Waals surface area contributed by atoms with Gasteiger partial charge >= 0.3 is 6.18 Å². The molecule has 1 aliphatic heterocycles. The number of hydrogen-bond acceptors (Lipinski definition) is 4. The van der Waals surface area contributed by atoms with Gasteiger partial charge in [0.15, 0.2) is 11.5 Å². The van der Waals surface area contributed by atoms with Crippen LogP contribution in [-0.4, -0.2) is 27.7 Å². The summed E-state index contributed by atoms with van der Waals surface area (Å²) in [5.74, 6) is 1.04. The van der Waals surface area contributed by atoms with E-state index in [-0.39, 0.29) is 13.2 Å². The molecule has 0 saturated heterocycles. The molecule has 1 aliphatic rings. The maximum absolute atomic E-state index is 12.7. The zero-order valence-corrected chi connectivity index (χ0v) is 13.6. The maximum atomic E-state index is 12.7. The van der Waals surface area contributed by atoms with Gasteiger partial charge in [-0.3, -0.25) is 0 Å². The zero-order chi connectivity index (χ0) is 18.1. The van der Waals surface area contributed by atoms with Crippen LogP contribution in [0.4, 0.5) is 13.2 Å². The van der Waals surface area contributed by atoms with Crippen LogP contribution in [0.2, 0.25) is 0 Å². The predicted molar refractivity (Wildman–Crippen MR) is 83.0 cm³/mol. The normalized spacial score (nSPS) is 17.3. The molecule has 3 rings (SSSR count). The molecule has 9 heteroatoms. The minimum absolute atomic E-state index is 0.127. The molecule has 0 bridgehead atoms. The van der Waals surface area contributed by atoms with E-state index in [1.165, 1.54) is 0 Å². The van der Waals surface area contributed by atoms with Gasteiger partial charge in [-0.05, 0) is 30.3 Å². The predicted octanol–water partition coefficient (Wildman–Crippen LogP) is 2.82. The lowest BCUT2D eigenvalue weighted by Gasteiger charge is -2.26. The number of fused-ring (bicyclic) bond motifs is 1. The first-order valence-corrected chi connectivity index (χ1v) is 8.79. The Hall–Kier alpha value is -2.26. The summed E-state index contributed by atoms with van der Waals surface area (Å²) >= 11 is 0. The van der Waals surface area contributed by atoms with Crippen molar-refractivity contribution in [2.75, 3.05) is 13.2 Å². The lowest BCUT2D eigenvalue weighted by Crippen LogP contribution is -2.40. The molecule has 0 aromatic heterocycles. The highest BCUT2D eigenvalue weighted by molar-refractivity contribution is 7.89. The molecule has 1 atom stereocenters. The molecular weight excluding hydrogens is 359 g/mol. The number of sulfonamides is 1. The number of rotatable bonds is 4. The van der Waals surface area contributed by atoms with Crippen molar-refractivity contribution < 1.29 is 31.1 Å². The minimum atomic E-state index is -4.62. The van der Waals surface area contributed by atoms with Crippen LogP contribution in [0.1, 0.15) is 5.56 Å². The fraction of sp³-hybridized carbons (Fsp3) is 0.250. The van der Waals surface area contributed by atoms with Crippen molar-refractivity contribution in [3.8, 4) is 11.5 Å². The van der Waals surface area contributed by atoms with Crippen LogP contribution in [0, 0.1) is 0 Å². The molecule has 2 aromatic carbocycles. The Morgan fingerprint density at radius 2 is 1.80 bits per heavy atom. The molecule has 0 spiro atoms. The average Bonchev–Trinajstić information content (AvgIpc) is 2.59. The molecule has 1 unspecified atom stereocenters. The van der Waals surface area contributed by atoms with E-state index in [0.717, 1.165) is 18.2 Å². The number of hydrogen-bond donors (Lipinski definition) is 1. The Labute approximate surface area is 142 Å². The van der Waals surface area contributed by atoms with Gasteiger partial charge in [0.2, 0.25) is 10.0 Å². The van der Waals surface area contributed by atoms with E-state index in [0.29, 0.717) is 17.6 Å². The third kappa shape index (κ3) is 4.05. The molecule has 1 heterocycles. The highest BCUT2D eigenvalue weighted by Crippen LogP contribution is 2.31. The van der Waals surface area contributed by atoms with Crippen LogP contribution in [0.5, 0.6) is 11.5 Å². The van der Waals surface area contributed by atoms with Crippen LogP contribution in [0.3, 0.4) is 0 Å². The quantitative estimate of drug-likeness (QED) is 0.895. The van der Waals surface area contributed by atoms with Gasteiger partial charge in [-0.25, -0.2) is 13.1 Å². The molecule has 0 radical (unpaired) electrons. The smallest absolute Gasteiger partial charge is 0.416 e. The van der Waals surface area contributed by atoms with Gasteiger partial charge in [-0.1, -0.05) is 18.2 Å². The largest absolute Gasteiger partial charge is 0.486 e. The molecule has 5 nitrogen and oxygen atoms in total. The van der Waals surface area contributed by atoms with Crippen molar-refractivity contribution in [2.45, 2.75) is 17.2 Å². The second-order valence-corrected chi connectivity index (χ2v) is 7.14. The molecule has 0 saturated carbocycles.